The monoisotopic (exact) mass is 541 g/mol. The van der Waals surface area contributed by atoms with Crippen molar-refractivity contribution in [1.82, 2.24) is 21.3 Å². The smallest absolute Gasteiger partial charge is 0.407 e. The maximum Gasteiger partial charge on any atom is 0.407 e. The minimum Gasteiger partial charge on any atom is -0.480 e. The van der Waals surface area contributed by atoms with Crippen LogP contribution < -0.4 is 27.0 Å². The van der Waals surface area contributed by atoms with Crippen LogP contribution in [0, 0.1) is 5.92 Å². The number of hydrogen-bond donors (Lipinski definition) is 6. The van der Waals surface area contributed by atoms with E-state index in [9.17, 15) is 29.1 Å². The minimum absolute atomic E-state index is 0.0174. The number of alkyl carbamates (subject to hydrolysis) is 1. The van der Waals surface area contributed by atoms with E-state index in [1.807, 2.05) is 6.08 Å². The van der Waals surface area contributed by atoms with Gasteiger partial charge in [-0.15, -0.1) is 0 Å². The summed E-state index contributed by atoms with van der Waals surface area (Å²) in [5.41, 5.74) is 4.97. The van der Waals surface area contributed by atoms with Gasteiger partial charge in [0, 0.05) is 25.9 Å². The second kappa shape index (κ2) is 18.8. The predicted octanol–water partition coefficient (Wildman–Crippen LogP) is 1.17. The van der Waals surface area contributed by atoms with E-state index in [2.05, 4.69) is 27.3 Å². The molecule has 0 fully saturated rings. The third kappa shape index (κ3) is 15.0. The molecular weight excluding hydrogens is 498 g/mol. The third-order valence-electron chi connectivity index (χ3n) is 5.82. The summed E-state index contributed by atoms with van der Waals surface area (Å²) >= 11 is 0. The molecule has 3 atom stereocenters. The maximum atomic E-state index is 12.7. The molecule has 13 heteroatoms. The molecule has 0 heterocycles. The average molecular weight is 542 g/mol. The molecular formula is C25H43N5O8. The molecule has 0 aromatic carbocycles. The lowest BCUT2D eigenvalue weighted by atomic mass is 10.0. The number of primary amides is 1. The van der Waals surface area contributed by atoms with Gasteiger partial charge >= 0.3 is 18.1 Å². The summed E-state index contributed by atoms with van der Waals surface area (Å²) in [6, 6.07) is -2.83. The second-order valence-electron chi connectivity index (χ2n) is 9.43. The summed E-state index contributed by atoms with van der Waals surface area (Å²) in [7, 11) is 0. The van der Waals surface area contributed by atoms with Crippen LogP contribution in [-0.4, -0.2) is 79.5 Å². The van der Waals surface area contributed by atoms with E-state index in [1.165, 1.54) is 0 Å². The van der Waals surface area contributed by atoms with Gasteiger partial charge in [0.1, 0.15) is 18.2 Å². The van der Waals surface area contributed by atoms with Crippen molar-refractivity contribution in [2.45, 2.75) is 83.4 Å². The number of aliphatic carboxylic acids is 1. The largest absolute Gasteiger partial charge is 0.480 e. The van der Waals surface area contributed by atoms with Crippen LogP contribution in [0.4, 0.5) is 9.59 Å². The van der Waals surface area contributed by atoms with E-state index in [0.29, 0.717) is 12.8 Å². The zero-order valence-corrected chi connectivity index (χ0v) is 22.3. The molecule has 0 aromatic rings. The Labute approximate surface area is 223 Å². The van der Waals surface area contributed by atoms with Crippen molar-refractivity contribution >= 4 is 29.9 Å². The van der Waals surface area contributed by atoms with E-state index in [-0.39, 0.29) is 51.2 Å². The molecule has 38 heavy (non-hydrogen) atoms. The first-order valence-corrected chi connectivity index (χ1v) is 13.1. The highest BCUT2D eigenvalue weighted by molar-refractivity contribution is 5.90. The molecule has 0 saturated carbocycles. The average Bonchev–Trinajstić information content (AvgIpc) is 2.82. The van der Waals surface area contributed by atoms with Crippen molar-refractivity contribution < 1.29 is 38.6 Å². The first-order valence-electron chi connectivity index (χ1n) is 13.1. The van der Waals surface area contributed by atoms with Gasteiger partial charge in [0.05, 0.1) is 13.2 Å². The van der Waals surface area contributed by atoms with Gasteiger partial charge in [-0.2, -0.15) is 0 Å². The van der Waals surface area contributed by atoms with Gasteiger partial charge < -0.3 is 41.6 Å². The number of carboxylic acids is 1. The van der Waals surface area contributed by atoms with E-state index in [1.54, 1.807) is 13.8 Å². The summed E-state index contributed by atoms with van der Waals surface area (Å²) < 4.78 is 10.8. The maximum absolute atomic E-state index is 12.7. The number of carbonyl (C=O) groups excluding carboxylic acids is 4. The van der Waals surface area contributed by atoms with Gasteiger partial charge in [-0.3, -0.25) is 9.59 Å². The number of amides is 5. The Balaban J connectivity index is 2.31. The zero-order valence-electron chi connectivity index (χ0n) is 22.3. The highest BCUT2D eigenvalue weighted by Gasteiger charge is 2.28. The van der Waals surface area contributed by atoms with E-state index in [4.69, 9.17) is 15.2 Å². The first kappa shape index (κ1) is 32.7. The Hall–Kier alpha value is -3.35. The van der Waals surface area contributed by atoms with Gasteiger partial charge in [0.25, 0.3) is 0 Å². The molecule has 13 nitrogen and oxygen atoms in total. The number of allylic oxidation sites excluding steroid dienone is 1. The summed E-state index contributed by atoms with van der Waals surface area (Å²) in [6.45, 7) is 4.12. The molecule has 1 unspecified atom stereocenters. The number of carbonyl (C=O) groups is 5. The fraction of sp³-hybridized carbons (Fsp3) is 0.720. The third-order valence-corrected chi connectivity index (χ3v) is 5.82. The van der Waals surface area contributed by atoms with E-state index < -0.39 is 42.0 Å². The summed E-state index contributed by atoms with van der Waals surface area (Å²) in [4.78, 5) is 59.2. The van der Waals surface area contributed by atoms with Crippen molar-refractivity contribution in [1.29, 1.82) is 0 Å². The normalized spacial score (nSPS) is 17.7. The number of hydrogen-bond acceptors (Lipinski definition) is 7. The first-order chi connectivity index (χ1) is 18.1. The number of rotatable bonds is 16. The van der Waals surface area contributed by atoms with Crippen molar-refractivity contribution in [2.75, 3.05) is 26.3 Å². The summed E-state index contributed by atoms with van der Waals surface area (Å²) in [5.74, 6) is -2.57. The van der Waals surface area contributed by atoms with Crippen LogP contribution in [-0.2, 0) is 23.9 Å². The van der Waals surface area contributed by atoms with Gasteiger partial charge in [-0.05, 0) is 44.4 Å². The number of ether oxygens (including phenoxy) is 2. The number of nitrogens with one attached hydrogen (secondary N) is 4. The SMILES string of the molecule is CC(C)[C@@H](NC(=O)CCOCCNC(=O)OC1C/C=C/CCCC1)C(=O)N[C@@H](CCCNC(N)=O)C(=O)O. The van der Waals surface area contributed by atoms with E-state index in [0.717, 1.165) is 25.7 Å². The Morgan fingerprint density at radius 3 is 2.47 bits per heavy atom. The molecule has 0 bridgehead atoms. The number of carboxylic acid groups (broad SMARTS) is 1. The van der Waals surface area contributed by atoms with Crippen LogP contribution in [0.25, 0.3) is 0 Å². The molecule has 0 aliphatic heterocycles. The fourth-order valence-electron chi connectivity index (χ4n) is 3.73. The summed E-state index contributed by atoms with van der Waals surface area (Å²) in [6.07, 6.45) is 8.57. The Morgan fingerprint density at radius 2 is 1.79 bits per heavy atom. The highest BCUT2D eigenvalue weighted by atomic mass is 16.6. The molecule has 1 aliphatic carbocycles. The molecule has 1 rings (SSSR count). The Morgan fingerprint density at radius 1 is 1.03 bits per heavy atom. The lowest BCUT2D eigenvalue weighted by Crippen LogP contribution is -2.53. The molecule has 5 amide bonds. The molecule has 0 spiro atoms. The van der Waals surface area contributed by atoms with Crippen LogP contribution in [0.1, 0.15) is 65.2 Å². The highest BCUT2D eigenvalue weighted by Crippen LogP contribution is 2.15. The van der Waals surface area contributed by atoms with Crippen LogP contribution in [0.15, 0.2) is 12.2 Å². The van der Waals surface area contributed by atoms with Crippen LogP contribution >= 0.6 is 0 Å². The Kier molecular flexibility index (Phi) is 16.2. The van der Waals surface area contributed by atoms with Crippen LogP contribution in [0.5, 0.6) is 0 Å². The minimum atomic E-state index is -1.22. The quantitative estimate of drug-likeness (QED) is 0.124. The summed E-state index contributed by atoms with van der Waals surface area (Å²) in [5, 5.41) is 19.4. The lowest BCUT2D eigenvalue weighted by Gasteiger charge is -2.24. The molecule has 1 aliphatic rings. The van der Waals surface area contributed by atoms with Crippen molar-refractivity contribution in [3.8, 4) is 0 Å². The Bertz CT molecular complexity index is 805. The molecule has 0 saturated heterocycles. The standard InChI is InChI=1S/C25H43N5O8/c1-17(2)21(22(32)29-19(23(33)34)11-8-13-27-24(26)35)30-20(31)12-15-37-16-14-28-25(36)38-18-9-6-4-3-5-7-10-18/h4,6,17-19,21H,3,5,7-16H2,1-2H3,(H,28,36)(H,29,32)(H,30,31)(H,33,34)(H3,26,27,35)/b6-4+/t18?,19-,21+/m0/s1. The number of nitrogens with two attached hydrogens (primary N) is 1. The predicted molar refractivity (Wildman–Crippen MR) is 139 cm³/mol. The van der Waals surface area contributed by atoms with Crippen molar-refractivity contribution in [3.05, 3.63) is 12.2 Å². The van der Waals surface area contributed by atoms with Gasteiger partial charge in [0.15, 0.2) is 0 Å². The van der Waals surface area contributed by atoms with Gasteiger partial charge in [-0.1, -0.05) is 26.0 Å². The molecule has 0 radical (unpaired) electrons. The topological polar surface area (TPSA) is 198 Å². The number of urea groups is 1. The van der Waals surface area contributed by atoms with Crippen LogP contribution in [0.2, 0.25) is 0 Å². The van der Waals surface area contributed by atoms with Crippen LogP contribution in [0.3, 0.4) is 0 Å². The van der Waals surface area contributed by atoms with Crippen molar-refractivity contribution in [3.63, 3.8) is 0 Å². The molecule has 0 aromatic heterocycles. The van der Waals surface area contributed by atoms with Gasteiger partial charge in [-0.25, -0.2) is 14.4 Å². The molecule has 216 valence electrons. The van der Waals surface area contributed by atoms with E-state index >= 15 is 0 Å². The second-order valence-corrected chi connectivity index (χ2v) is 9.43. The van der Waals surface area contributed by atoms with Crippen molar-refractivity contribution in [2.24, 2.45) is 11.7 Å². The fourth-order valence-corrected chi connectivity index (χ4v) is 3.73. The lowest BCUT2D eigenvalue weighted by molar-refractivity contribution is -0.142. The molecule has 7 N–H and O–H groups in total. The zero-order chi connectivity index (χ0) is 28.3. The van der Waals surface area contributed by atoms with Gasteiger partial charge in [0.2, 0.25) is 11.8 Å².